The summed E-state index contributed by atoms with van der Waals surface area (Å²) >= 11 is 0. The van der Waals surface area contributed by atoms with Gasteiger partial charge in [-0.15, -0.1) is 0 Å². The number of rotatable bonds is 5. The van der Waals surface area contributed by atoms with E-state index in [4.69, 9.17) is 4.74 Å². The predicted octanol–water partition coefficient (Wildman–Crippen LogP) is 12.6. The van der Waals surface area contributed by atoms with Crippen molar-refractivity contribution in [3.63, 3.8) is 0 Å². The summed E-state index contributed by atoms with van der Waals surface area (Å²) in [6, 6.07) is 19.4. The zero-order valence-electron chi connectivity index (χ0n) is 36.8. The van der Waals surface area contributed by atoms with E-state index in [1.54, 1.807) is 22.3 Å². The molecule has 6 heteroatoms. The van der Waals surface area contributed by atoms with Crippen molar-refractivity contribution in [3.8, 4) is 0 Å². The SMILES string of the molecule is CC(C)C1=CCN2C(=C1)N1C3=C(C=CCC3)C3CC=C4OC5CC(c6ccccc6)CC6=C5[PH]2(C4C31)C1N6C=CN1c1cc(C(C)(C)C)cc(C(C)(C)C2=CCCC=C2)c1. The van der Waals surface area contributed by atoms with Gasteiger partial charge in [-0.2, -0.15) is 0 Å². The second kappa shape index (κ2) is 13.0. The van der Waals surface area contributed by atoms with Crippen molar-refractivity contribution in [2.45, 2.75) is 134 Å². The van der Waals surface area contributed by atoms with Gasteiger partial charge in [-0.3, -0.25) is 0 Å². The van der Waals surface area contributed by atoms with Crippen LogP contribution in [0.2, 0.25) is 0 Å². The average Bonchev–Trinajstić information content (AvgIpc) is 3.94. The molecular formula is C54H63N4OP. The van der Waals surface area contributed by atoms with E-state index in [0.717, 1.165) is 51.5 Å². The molecular weight excluding hydrogens is 752 g/mol. The van der Waals surface area contributed by atoms with Crippen molar-refractivity contribution < 1.29 is 4.74 Å². The molecule has 12 rings (SSSR count). The number of nitrogens with zero attached hydrogens (tertiary/aromatic N) is 4. The molecule has 6 aliphatic heterocycles. The minimum atomic E-state index is -2.78. The summed E-state index contributed by atoms with van der Waals surface area (Å²) in [5.41, 5.74) is 13.5. The molecule has 0 saturated carbocycles. The normalized spacial score (nSPS) is 30.9. The molecule has 5 nitrogen and oxygen atoms in total. The summed E-state index contributed by atoms with van der Waals surface area (Å²) in [7, 11) is -2.78. The molecule has 2 aromatic rings. The molecule has 6 heterocycles. The van der Waals surface area contributed by atoms with Gasteiger partial charge in [0.15, 0.2) is 0 Å². The van der Waals surface area contributed by atoms with Gasteiger partial charge in [-0.25, -0.2) is 0 Å². The van der Waals surface area contributed by atoms with Gasteiger partial charge in [-0.05, 0) is 0 Å². The summed E-state index contributed by atoms with van der Waals surface area (Å²) in [6.07, 6.45) is 32.8. The standard InChI is InChI=1S/C54H63N4OP/c1-34(2)36-24-25-57-48(30-36)58-44-21-15-14-20-42(44)43-22-23-46-51(49(43)58)60(57)50-45(28-37(29-47(50)59-46)35-16-10-8-11-17-35)56-27-26-55(52(56)60)41-32-39(53(3,4)5)31-40(33-41)54(6,7)38-18-12-9-13-19-38/h8,10-12,14,16-20,23-24,26-27,30-34,37,43,47,49,51-52,60H,9,13,15,21-22,25,28-29H2,1-7H3. The molecule has 2 fully saturated rings. The molecule has 0 amide bonds. The Morgan fingerprint density at radius 3 is 2.42 bits per heavy atom. The van der Waals surface area contributed by atoms with Crippen LogP contribution < -0.4 is 4.90 Å². The van der Waals surface area contributed by atoms with Crippen molar-refractivity contribution in [1.82, 2.24) is 14.5 Å². The molecule has 60 heavy (non-hydrogen) atoms. The molecule has 2 aromatic carbocycles. The number of benzene rings is 2. The summed E-state index contributed by atoms with van der Waals surface area (Å²) in [5, 5.41) is 1.70. The maximum absolute atomic E-state index is 7.61. The van der Waals surface area contributed by atoms with Crippen LogP contribution in [-0.2, 0) is 15.6 Å². The Kier molecular flexibility index (Phi) is 8.10. The molecule has 0 radical (unpaired) electrons. The third kappa shape index (κ3) is 5.02. The van der Waals surface area contributed by atoms with Crippen LogP contribution in [0.4, 0.5) is 5.69 Å². The Hall–Kier alpha value is -4.47. The third-order valence-electron chi connectivity index (χ3n) is 16.4. The van der Waals surface area contributed by atoms with E-state index in [-0.39, 0.29) is 22.8 Å². The van der Waals surface area contributed by atoms with Gasteiger partial charge in [0.05, 0.1) is 0 Å². The zero-order valence-corrected chi connectivity index (χ0v) is 37.8. The van der Waals surface area contributed by atoms with Gasteiger partial charge in [0.1, 0.15) is 0 Å². The molecule has 1 spiro atoms. The monoisotopic (exact) mass is 814 g/mol. The van der Waals surface area contributed by atoms with E-state index in [0.29, 0.717) is 29.5 Å². The van der Waals surface area contributed by atoms with E-state index in [9.17, 15) is 0 Å². The van der Waals surface area contributed by atoms with Crippen molar-refractivity contribution in [2.24, 2.45) is 11.8 Å². The van der Waals surface area contributed by atoms with Crippen LogP contribution in [0.3, 0.4) is 0 Å². The fraction of sp³-hybridized carbons (Fsp3) is 0.444. The number of fused-ring (bicyclic) bond motifs is 6. The van der Waals surface area contributed by atoms with Crippen LogP contribution in [0.25, 0.3) is 0 Å². The maximum atomic E-state index is 7.61. The van der Waals surface area contributed by atoms with Crippen LogP contribution >= 0.6 is 7.41 Å². The molecule has 0 bridgehead atoms. The summed E-state index contributed by atoms with van der Waals surface area (Å²) in [4.78, 5) is 8.51. The summed E-state index contributed by atoms with van der Waals surface area (Å²) in [5.74, 6) is 4.37. The Bertz CT molecular complexity index is 2490. The zero-order chi connectivity index (χ0) is 40.9. The minimum absolute atomic E-state index is 0.00291. The first-order valence-corrected chi connectivity index (χ1v) is 25.4. The second-order valence-corrected chi connectivity index (χ2v) is 25.1. The van der Waals surface area contributed by atoms with E-state index in [1.165, 1.54) is 45.1 Å². The molecule has 0 N–H and O–H groups in total. The predicted molar refractivity (Wildman–Crippen MR) is 249 cm³/mol. The van der Waals surface area contributed by atoms with Gasteiger partial charge < -0.3 is 0 Å². The molecule has 0 aromatic heterocycles. The second-order valence-electron chi connectivity index (χ2n) is 21.2. The number of hydrogen-bond donors (Lipinski definition) is 0. The Morgan fingerprint density at radius 2 is 1.63 bits per heavy atom. The van der Waals surface area contributed by atoms with Gasteiger partial charge >= 0.3 is 361 Å². The average molecular weight is 815 g/mol. The summed E-state index contributed by atoms with van der Waals surface area (Å²) in [6.45, 7) is 17.8. The van der Waals surface area contributed by atoms with Gasteiger partial charge in [0.25, 0.3) is 0 Å². The van der Waals surface area contributed by atoms with E-state index >= 15 is 0 Å². The molecule has 2 saturated heterocycles. The molecule has 6 unspecified atom stereocenters. The molecule has 4 aliphatic carbocycles. The van der Waals surface area contributed by atoms with Gasteiger partial charge in [-0.1, -0.05) is 0 Å². The Morgan fingerprint density at radius 1 is 0.833 bits per heavy atom. The Balaban J connectivity index is 1.10. The fourth-order valence-electron chi connectivity index (χ4n) is 13.4. The molecule has 6 atom stereocenters. The number of allylic oxidation sites excluding steroid dienone is 11. The van der Waals surface area contributed by atoms with Crippen LogP contribution in [0.1, 0.15) is 116 Å². The number of ether oxygens (including phenoxy) is 1. The summed E-state index contributed by atoms with van der Waals surface area (Å²) < 4.78 is 10.7. The van der Waals surface area contributed by atoms with Crippen LogP contribution in [0.15, 0.2) is 155 Å². The van der Waals surface area contributed by atoms with E-state index < -0.39 is 7.41 Å². The van der Waals surface area contributed by atoms with Crippen LogP contribution in [0, 0.1) is 11.8 Å². The Labute approximate surface area is 359 Å². The fourth-order valence-corrected chi connectivity index (χ4v) is 20.4. The van der Waals surface area contributed by atoms with Crippen molar-refractivity contribution in [1.29, 1.82) is 0 Å². The van der Waals surface area contributed by atoms with Crippen molar-refractivity contribution >= 4 is 13.1 Å². The first-order chi connectivity index (χ1) is 29.0. The first-order valence-electron chi connectivity index (χ1n) is 23.3. The first kappa shape index (κ1) is 37.3. The van der Waals surface area contributed by atoms with E-state index in [1.807, 2.05) is 0 Å². The number of anilines is 1. The number of hydrogen-bond acceptors (Lipinski definition) is 5. The third-order valence-corrected chi connectivity index (χ3v) is 22.1. The van der Waals surface area contributed by atoms with Crippen molar-refractivity contribution in [2.75, 3.05) is 11.4 Å². The van der Waals surface area contributed by atoms with Crippen LogP contribution in [0.5, 0.6) is 0 Å². The molecule has 10 aliphatic rings. The van der Waals surface area contributed by atoms with Gasteiger partial charge in [0, 0.05) is 0 Å². The van der Waals surface area contributed by atoms with Crippen LogP contribution in [-0.4, -0.2) is 44.7 Å². The topological polar surface area (TPSA) is 22.2 Å². The van der Waals surface area contributed by atoms with E-state index in [2.05, 4.69) is 177 Å². The molecule has 310 valence electrons. The quantitative estimate of drug-likeness (QED) is 0.280. The van der Waals surface area contributed by atoms with Gasteiger partial charge in [0.2, 0.25) is 0 Å². The van der Waals surface area contributed by atoms with Crippen molar-refractivity contribution in [3.05, 3.63) is 171 Å².